The van der Waals surface area contributed by atoms with Crippen LogP contribution in [0.3, 0.4) is 0 Å². The Morgan fingerprint density at radius 2 is 1.76 bits per heavy atom. The summed E-state index contributed by atoms with van der Waals surface area (Å²) in [5.41, 5.74) is 15.3. The number of fused-ring (bicyclic) bond motifs is 1. The number of hydrogen-bond acceptors (Lipinski definition) is 4. The average Bonchev–Trinajstić information content (AvgIpc) is 2.77. The van der Waals surface area contributed by atoms with E-state index in [4.69, 9.17) is 11.5 Å². The highest BCUT2D eigenvalue weighted by molar-refractivity contribution is 5.80. The Balaban J connectivity index is 2.31. The summed E-state index contributed by atoms with van der Waals surface area (Å²) in [7, 11) is 0. The minimum absolute atomic E-state index is 0.517. The molecule has 0 aliphatic rings. The molecule has 1 aromatic heterocycles. The van der Waals surface area contributed by atoms with Gasteiger partial charge in [-0.05, 0) is 24.3 Å². The van der Waals surface area contributed by atoms with Gasteiger partial charge < -0.3 is 11.5 Å². The van der Waals surface area contributed by atoms with Crippen LogP contribution in [0.2, 0.25) is 0 Å². The lowest BCUT2D eigenvalue weighted by Crippen LogP contribution is -2.04. The highest BCUT2D eigenvalue weighted by Gasteiger charge is 2.09. The number of anilines is 2. The monoisotopic (exact) mass is 225 g/mol. The summed E-state index contributed by atoms with van der Waals surface area (Å²) in [5.74, 6) is 0. The van der Waals surface area contributed by atoms with Crippen LogP contribution in [0.15, 0.2) is 42.5 Å². The van der Waals surface area contributed by atoms with Gasteiger partial charge in [-0.1, -0.05) is 23.4 Å². The van der Waals surface area contributed by atoms with Crippen LogP contribution in [0.4, 0.5) is 11.4 Å². The lowest BCUT2D eigenvalue weighted by Gasteiger charge is -2.07. The standard InChI is InChI=1S/C12H11N5/c13-8-4-3-7-11(12(8)14)17-10-6-2-1-5-9(10)15-16-17/h1-7H,13-14H2. The number of nitrogens with zero attached hydrogens (tertiary/aromatic N) is 3. The van der Waals surface area contributed by atoms with E-state index in [1.807, 2.05) is 36.4 Å². The van der Waals surface area contributed by atoms with Crippen molar-refractivity contribution in [1.29, 1.82) is 0 Å². The average molecular weight is 225 g/mol. The Kier molecular flexibility index (Phi) is 1.98. The molecule has 0 unspecified atom stereocenters. The molecular weight excluding hydrogens is 214 g/mol. The molecule has 0 aliphatic carbocycles. The molecule has 0 atom stereocenters. The molecule has 0 saturated heterocycles. The SMILES string of the molecule is Nc1cccc(-n2nnc3ccccc32)c1N. The summed E-state index contributed by atoms with van der Waals surface area (Å²) in [6.07, 6.45) is 0. The Labute approximate surface area is 97.6 Å². The first kappa shape index (κ1) is 9.65. The first-order valence-corrected chi connectivity index (χ1v) is 5.22. The number of para-hydroxylation sites is 2. The maximum atomic E-state index is 5.95. The van der Waals surface area contributed by atoms with Crippen LogP contribution in [-0.4, -0.2) is 15.0 Å². The second-order valence-electron chi connectivity index (χ2n) is 3.77. The molecule has 0 fully saturated rings. The van der Waals surface area contributed by atoms with Crippen molar-refractivity contribution in [3.8, 4) is 5.69 Å². The largest absolute Gasteiger partial charge is 0.397 e. The van der Waals surface area contributed by atoms with Gasteiger partial charge in [-0.25, -0.2) is 4.68 Å². The van der Waals surface area contributed by atoms with Crippen molar-refractivity contribution in [2.45, 2.75) is 0 Å². The van der Waals surface area contributed by atoms with Crippen LogP contribution < -0.4 is 11.5 Å². The lowest BCUT2D eigenvalue weighted by molar-refractivity contribution is 0.826. The Morgan fingerprint density at radius 3 is 2.65 bits per heavy atom. The molecule has 3 rings (SSSR count). The van der Waals surface area contributed by atoms with E-state index in [0.717, 1.165) is 16.7 Å². The highest BCUT2D eigenvalue weighted by atomic mass is 15.4. The van der Waals surface area contributed by atoms with Gasteiger partial charge in [0.25, 0.3) is 0 Å². The molecule has 0 aliphatic heterocycles. The fourth-order valence-electron chi connectivity index (χ4n) is 1.80. The summed E-state index contributed by atoms with van der Waals surface area (Å²) in [6.45, 7) is 0. The van der Waals surface area contributed by atoms with Gasteiger partial charge in [0.2, 0.25) is 0 Å². The molecule has 0 radical (unpaired) electrons. The topological polar surface area (TPSA) is 82.8 Å². The van der Waals surface area contributed by atoms with E-state index in [9.17, 15) is 0 Å². The molecule has 0 saturated carbocycles. The van der Waals surface area contributed by atoms with Gasteiger partial charge in [-0.3, -0.25) is 0 Å². The number of aromatic nitrogens is 3. The van der Waals surface area contributed by atoms with Crippen molar-refractivity contribution in [2.75, 3.05) is 11.5 Å². The first-order chi connectivity index (χ1) is 8.27. The second kappa shape index (κ2) is 3.48. The van der Waals surface area contributed by atoms with Crippen molar-refractivity contribution < 1.29 is 0 Å². The quantitative estimate of drug-likeness (QED) is 0.616. The first-order valence-electron chi connectivity index (χ1n) is 5.22. The van der Waals surface area contributed by atoms with Gasteiger partial charge in [0.05, 0.1) is 22.6 Å². The van der Waals surface area contributed by atoms with Crippen LogP contribution in [0.1, 0.15) is 0 Å². The molecule has 84 valence electrons. The van der Waals surface area contributed by atoms with Gasteiger partial charge >= 0.3 is 0 Å². The van der Waals surface area contributed by atoms with E-state index in [1.165, 1.54) is 0 Å². The second-order valence-corrected chi connectivity index (χ2v) is 3.77. The minimum atomic E-state index is 0.517. The third-order valence-electron chi connectivity index (χ3n) is 2.70. The maximum absolute atomic E-state index is 5.95. The number of rotatable bonds is 1. The fourth-order valence-corrected chi connectivity index (χ4v) is 1.80. The molecule has 5 heteroatoms. The molecule has 4 N–H and O–H groups in total. The Morgan fingerprint density at radius 1 is 0.941 bits per heavy atom. The third-order valence-corrected chi connectivity index (χ3v) is 2.70. The van der Waals surface area contributed by atoms with Crippen LogP contribution in [0.25, 0.3) is 16.7 Å². The van der Waals surface area contributed by atoms with E-state index >= 15 is 0 Å². The van der Waals surface area contributed by atoms with Crippen LogP contribution in [0, 0.1) is 0 Å². The molecule has 17 heavy (non-hydrogen) atoms. The van der Waals surface area contributed by atoms with E-state index in [1.54, 1.807) is 10.7 Å². The molecule has 5 nitrogen and oxygen atoms in total. The number of hydrogen-bond donors (Lipinski definition) is 2. The van der Waals surface area contributed by atoms with Gasteiger partial charge in [-0.15, -0.1) is 5.10 Å². The van der Waals surface area contributed by atoms with Crippen LogP contribution in [-0.2, 0) is 0 Å². The van der Waals surface area contributed by atoms with Crippen LogP contribution in [0.5, 0.6) is 0 Å². The summed E-state index contributed by atoms with van der Waals surface area (Å²) in [5, 5.41) is 8.18. The van der Waals surface area contributed by atoms with Crippen molar-refractivity contribution >= 4 is 22.4 Å². The van der Waals surface area contributed by atoms with E-state index in [-0.39, 0.29) is 0 Å². The predicted molar refractivity (Wildman–Crippen MR) is 67.7 cm³/mol. The van der Waals surface area contributed by atoms with Crippen LogP contribution >= 0.6 is 0 Å². The molecule has 0 spiro atoms. The number of benzene rings is 2. The number of nitrogens with two attached hydrogens (primary N) is 2. The smallest absolute Gasteiger partial charge is 0.113 e. The Bertz CT molecular complexity index is 686. The summed E-state index contributed by atoms with van der Waals surface area (Å²) < 4.78 is 1.70. The molecule has 0 bridgehead atoms. The molecule has 1 heterocycles. The zero-order chi connectivity index (χ0) is 11.8. The summed E-state index contributed by atoms with van der Waals surface area (Å²) in [6, 6.07) is 13.2. The summed E-state index contributed by atoms with van der Waals surface area (Å²) in [4.78, 5) is 0. The molecule has 3 aromatic rings. The van der Waals surface area contributed by atoms with Gasteiger partial charge in [0, 0.05) is 0 Å². The number of nitrogen functional groups attached to an aromatic ring is 2. The lowest BCUT2D eigenvalue weighted by atomic mass is 10.2. The molecule has 0 amide bonds. The van der Waals surface area contributed by atoms with E-state index < -0.39 is 0 Å². The van der Waals surface area contributed by atoms with Crippen molar-refractivity contribution in [1.82, 2.24) is 15.0 Å². The Hall–Kier alpha value is -2.56. The zero-order valence-corrected chi connectivity index (χ0v) is 9.04. The fraction of sp³-hybridized carbons (Fsp3) is 0. The highest BCUT2D eigenvalue weighted by Crippen LogP contribution is 2.25. The maximum Gasteiger partial charge on any atom is 0.113 e. The van der Waals surface area contributed by atoms with E-state index in [2.05, 4.69) is 10.3 Å². The molecular formula is C12H11N5. The van der Waals surface area contributed by atoms with Crippen molar-refractivity contribution in [3.63, 3.8) is 0 Å². The third kappa shape index (κ3) is 1.40. The summed E-state index contributed by atoms with van der Waals surface area (Å²) >= 11 is 0. The normalized spacial score (nSPS) is 10.8. The van der Waals surface area contributed by atoms with Gasteiger partial charge in [0.1, 0.15) is 5.52 Å². The van der Waals surface area contributed by atoms with Gasteiger partial charge in [-0.2, -0.15) is 0 Å². The van der Waals surface area contributed by atoms with Crippen molar-refractivity contribution in [2.24, 2.45) is 0 Å². The van der Waals surface area contributed by atoms with E-state index in [0.29, 0.717) is 11.4 Å². The zero-order valence-electron chi connectivity index (χ0n) is 9.04. The minimum Gasteiger partial charge on any atom is -0.397 e. The molecule has 2 aromatic carbocycles. The van der Waals surface area contributed by atoms with Crippen molar-refractivity contribution in [3.05, 3.63) is 42.5 Å². The predicted octanol–water partition coefficient (Wildman–Crippen LogP) is 1.58. The van der Waals surface area contributed by atoms with Gasteiger partial charge in [0.15, 0.2) is 0 Å².